The molecule has 14 heavy (non-hydrogen) atoms. The summed E-state index contributed by atoms with van der Waals surface area (Å²) < 4.78 is 0. The zero-order valence-electron chi connectivity index (χ0n) is 8.15. The summed E-state index contributed by atoms with van der Waals surface area (Å²) in [6, 6.07) is 0. The summed E-state index contributed by atoms with van der Waals surface area (Å²) in [5, 5.41) is 6.29. The van der Waals surface area contributed by atoms with Gasteiger partial charge >= 0.3 is 0 Å². The Morgan fingerprint density at radius 2 is 2.29 bits per heavy atom. The van der Waals surface area contributed by atoms with Crippen LogP contribution in [-0.4, -0.2) is 38.8 Å². The largest absolute Gasteiger partial charge is 0.338 e. The fraction of sp³-hybridized carbons (Fsp3) is 0.500. The lowest BCUT2D eigenvalue weighted by Gasteiger charge is -2.14. The second-order valence-electron chi connectivity index (χ2n) is 3.06. The number of nitrogens with one attached hydrogen (secondary N) is 1. The third-order valence-corrected chi connectivity index (χ3v) is 1.68. The lowest BCUT2D eigenvalue weighted by molar-refractivity contribution is -0.134. The standard InChI is InChI=1S/C8H12N4O2/c1-6(13)3-8(14)12(2)4-7-9-5-10-11-7/h5H,3-4H2,1-2H3,(H,9,10,11). The Morgan fingerprint density at radius 3 is 2.79 bits per heavy atom. The predicted octanol–water partition coefficient (Wildman–Crippen LogP) is -0.258. The second-order valence-corrected chi connectivity index (χ2v) is 3.06. The molecule has 6 nitrogen and oxygen atoms in total. The molecular formula is C8H12N4O2. The highest BCUT2D eigenvalue weighted by atomic mass is 16.2. The van der Waals surface area contributed by atoms with Gasteiger partial charge in [-0.3, -0.25) is 14.7 Å². The molecule has 76 valence electrons. The van der Waals surface area contributed by atoms with Crippen molar-refractivity contribution >= 4 is 11.7 Å². The first-order valence-electron chi connectivity index (χ1n) is 4.17. The highest BCUT2D eigenvalue weighted by molar-refractivity contribution is 5.96. The van der Waals surface area contributed by atoms with Crippen LogP contribution in [-0.2, 0) is 16.1 Å². The van der Waals surface area contributed by atoms with E-state index >= 15 is 0 Å². The molecule has 0 saturated heterocycles. The fourth-order valence-electron chi connectivity index (χ4n) is 0.968. The van der Waals surface area contributed by atoms with Crippen LogP contribution < -0.4 is 0 Å². The highest BCUT2D eigenvalue weighted by Crippen LogP contribution is 1.97. The molecule has 6 heteroatoms. The molecule has 0 aliphatic carbocycles. The van der Waals surface area contributed by atoms with Gasteiger partial charge in [-0.05, 0) is 6.92 Å². The number of carbonyl (C=O) groups is 2. The monoisotopic (exact) mass is 196 g/mol. The van der Waals surface area contributed by atoms with Crippen molar-refractivity contribution < 1.29 is 9.59 Å². The van der Waals surface area contributed by atoms with Crippen LogP contribution in [0.5, 0.6) is 0 Å². The van der Waals surface area contributed by atoms with Crippen molar-refractivity contribution in [3.63, 3.8) is 0 Å². The van der Waals surface area contributed by atoms with Crippen molar-refractivity contribution in [2.45, 2.75) is 19.9 Å². The van der Waals surface area contributed by atoms with Gasteiger partial charge in [0, 0.05) is 7.05 Å². The van der Waals surface area contributed by atoms with Gasteiger partial charge in [0.15, 0.2) is 0 Å². The number of ketones is 1. The number of aromatic amines is 1. The zero-order valence-corrected chi connectivity index (χ0v) is 8.15. The maximum atomic E-state index is 11.3. The molecule has 0 radical (unpaired) electrons. The normalized spacial score (nSPS) is 9.86. The summed E-state index contributed by atoms with van der Waals surface area (Å²) in [6.45, 7) is 1.73. The number of hydrogen-bond acceptors (Lipinski definition) is 4. The molecular weight excluding hydrogens is 184 g/mol. The van der Waals surface area contributed by atoms with E-state index in [1.54, 1.807) is 7.05 Å². The molecule has 1 N–H and O–H groups in total. The molecule has 0 bridgehead atoms. The van der Waals surface area contributed by atoms with Crippen molar-refractivity contribution in [1.29, 1.82) is 0 Å². The maximum Gasteiger partial charge on any atom is 0.230 e. The summed E-state index contributed by atoms with van der Waals surface area (Å²) in [4.78, 5) is 27.3. The fourth-order valence-corrected chi connectivity index (χ4v) is 0.968. The van der Waals surface area contributed by atoms with Gasteiger partial charge in [0.25, 0.3) is 0 Å². The lowest BCUT2D eigenvalue weighted by atomic mass is 10.3. The van der Waals surface area contributed by atoms with E-state index in [1.165, 1.54) is 18.2 Å². The highest BCUT2D eigenvalue weighted by Gasteiger charge is 2.12. The first-order chi connectivity index (χ1) is 6.59. The van der Waals surface area contributed by atoms with Crippen molar-refractivity contribution in [2.24, 2.45) is 0 Å². The summed E-state index contributed by atoms with van der Waals surface area (Å²) in [5.41, 5.74) is 0. The SMILES string of the molecule is CC(=O)CC(=O)N(C)Cc1ncn[nH]1. The lowest BCUT2D eigenvalue weighted by Crippen LogP contribution is -2.28. The molecule has 0 spiro atoms. The molecule has 1 aromatic heterocycles. The molecule has 0 saturated carbocycles. The minimum atomic E-state index is -0.214. The topological polar surface area (TPSA) is 79.0 Å². The molecule has 0 aliphatic rings. The van der Waals surface area contributed by atoms with Crippen molar-refractivity contribution in [3.05, 3.63) is 12.2 Å². The van der Waals surface area contributed by atoms with Crippen molar-refractivity contribution in [1.82, 2.24) is 20.1 Å². The van der Waals surface area contributed by atoms with E-state index in [-0.39, 0.29) is 18.1 Å². The van der Waals surface area contributed by atoms with Gasteiger partial charge in [-0.15, -0.1) is 0 Å². The third kappa shape index (κ3) is 2.96. The number of H-pyrrole nitrogens is 1. The van der Waals surface area contributed by atoms with Gasteiger partial charge in [0.05, 0.1) is 13.0 Å². The minimum absolute atomic E-state index is 0.0648. The average molecular weight is 196 g/mol. The Hall–Kier alpha value is -1.72. The summed E-state index contributed by atoms with van der Waals surface area (Å²) in [6.07, 6.45) is 1.31. The summed E-state index contributed by atoms with van der Waals surface area (Å²) in [5.74, 6) is 0.248. The zero-order chi connectivity index (χ0) is 10.6. The third-order valence-electron chi connectivity index (χ3n) is 1.68. The van der Waals surface area contributed by atoms with Gasteiger partial charge in [-0.2, -0.15) is 5.10 Å². The van der Waals surface area contributed by atoms with Crippen LogP contribution in [0, 0.1) is 0 Å². The maximum absolute atomic E-state index is 11.3. The molecule has 1 amide bonds. The molecule has 0 aromatic carbocycles. The smallest absolute Gasteiger partial charge is 0.230 e. The van der Waals surface area contributed by atoms with E-state index in [4.69, 9.17) is 0 Å². The van der Waals surface area contributed by atoms with E-state index in [0.29, 0.717) is 12.4 Å². The second kappa shape index (κ2) is 4.50. The number of carbonyl (C=O) groups excluding carboxylic acids is 2. The Balaban J connectivity index is 2.46. The Labute approximate surface area is 81.3 Å². The quantitative estimate of drug-likeness (QED) is 0.673. The number of rotatable bonds is 4. The van der Waals surface area contributed by atoms with Crippen LogP contribution in [0.2, 0.25) is 0 Å². The van der Waals surface area contributed by atoms with Gasteiger partial charge in [0.2, 0.25) is 5.91 Å². The number of nitrogens with zero attached hydrogens (tertiary/aromatic N) is 3. The van der Waals surface area contributed by atoms with E-state index in [1.807, 2.05) is 0 Å². The number of hydrogen-bond donors (Lipinski definition) is 1. The summed E-state index contributed by atoms with van der Waals surface area (Å²) in [7, 11) is 1.62. The summed E-state index contributed by atoms with van der Waals surface area (Å²) >= 11 is 0. The van der Waals surface area contributed by atoms with E-state index in [0.717, 1.165) is 0 Å². The van der Waals surface area contributed by atoms with Gasteiger partial charge in [-0.25, -0.2) is 4.98 Å². The Bertz CT molecular complexity index is 320. The predicted molar refractivity (Wildman–Crippen MR) is 48.2 cm³/mol. The van der Waals surface area contributed by atoms with E-state index < -0.39 is 0 Å². The molecule has 1 heterocycles. The molecule has 0 fully saturated rings. The first kappa shape index (κ1) is 10.4. The van der Waals surface area contributed by atoms with E-state index in [9.17, 15) is 9.59 Å². The number of aromatic nitrogens is 3. The average Bonchev–Trinajstić information content (AvgIpc) is 2.55. The van der Waals surface area contributed by atoms with Crippen LogP contribution in [0.15, 0.2) is 6.33 Å². The molecule has 0 unspecified atom stereocenters. The van der Waals surface area contributed by atoms with E-state index in [2.05, 4.69) is 15.2 Å². The number of Topliss-reactive ketones (excluding diaryl/α,β-unsaturated/α-hetero) is 1. The first-order valence-corrected chi connectivity index (χ1v) is 4.17. The van der Waals surface area contributed by atoms with Gasteiger partial charge in [-0.1, -0.05) is 0 Å². The molecule has 1 aromatic rings. The number of amides is 1. The van der Waals surface area contributed by atoms with Crippen LogP contribution in [0.25, 0.3) is 0 Å². The van der Waals surface area contributed by atoms with Gasteiger partial charge in [0.1, 0.15) is 17.9 Å². The van der Waals surface area contributed by atoms with Crippen LogP contribution in [0.3, 0.4) is 0 Å². The molecule has 0 aliphatic heterocycles. The van der Waals surface area contributed by atoms with Crippen LogP contribution in [0.4, 0.5) is 0 Å². The molecule has 1 rings (SSSR count). The Kier molecular flexibility index (Phi) is 3.33. The van der Waals surface area contributed by atoms with Crippen molar-refractivity contribution in [3.8, 4) is 0 Å². The minimum Gasteiger partial charge on any atom is -0.338 e. The van der Waals surface area contributed by atoms with Gasteiger partial charge < -0.3 is 4.90 Å². The molecule has 0 atom stereocenters. The Morgan fingerprint density at radius 1 is 1.57 bits per heavy atom. The van der Waals surface area contributed by atoms with Crippen LogP contribution >= 0.6 is 0 Å². The van der Waals surface area contributed by atoms with Crippen LogP contribution in [0.1, 0.15) is 19.2 Å². The van der Waals surface area contributed by atoms with Crippen molar-refractivity contribution in [2.75, 3.05) is 7.05 Å².